The van der Waals surface area contributed by atoms with Crippen LogP contribution in [0.15, 0.2) is 24.3 Å². The maximum Gasteiger partial charge on any atom is 0.128 e. The van der Waals surface area contributed by atoms with E-state index >= 15 is 0 Å². The van der Waals surface area contributed by atoms with Crippen LogP contribution in [0, 0.1) is 13.8 Å². The van der Waals surface area contributed by atoms with E-state index in [2.05, 4.69) is 37.1 Å². The maximum atomic E-state index is 5.66. The van der Waals surface area contributed by atoms with Crippen molar-refractivity contribution < 1.29 is 0 Å². The van der Waals surface area contributed by atoms with E-state index in [1.807, 2.05) is 23.5 Å². The molecule has 0 saturated heterocycles. The second-order valence-electron chi connectivity index (χ2n) is 4.18. The number of pyridine rings is 1. The molecule has 0 aliphatic rings. The molecule has 0 aromatic carbocycles. The quantitative estimate of drug-likeness (QED) is 0.872. The SMILES string of the molecule is Cc1cc(C(C)Nc2cccc(N)n2)c(C)s1. The summed E-state index contributed by atoms with van der Waals surface area (Å²) in [6, 6.07) is 8.10. The highest BCUT2D eigenvalue weighted by molar-refractivity contribution is 7.12. The summed E-state index contributed by atoms with van der Waals surface area (Å²) in [4.78, 5) is 6.94. The number of hydrogen-bond donors (Lipinski definition) is 2. The first kappa shape index (κ1) is 11.9. The van der Waals surface area contributed by atoms with Crippen molar-refractivity contribution in [1.82, 2.24) is 4.98 Å². The Morgan fingerprint density at radius 1 is 1.35 bits per heavy atom. The zero-order valence-corrected chi connectivity index (χ0v) is 11.1. The second-order valence-corrected chi connectivity index (χ2v) is 5.64. The highest BCUT2D eigenvalue weighted by Crippen LogP contribution is 2.28. The van der Waals surface area contributed by atoms with Crippen LogP contribution in [0.4, 0.5) is 11.6 Å². The lowest BCUT2D eigenvalue weighted by Gasteiger charge is -2.14. The van der Waals surface area contributed by atoms with E-state index in [4.69, 9.17) is 5.73 Å². The molecular formula is C13H17N3S. The molecule has 90 valence electrons. The number of aryl methyl sites for hydroxylation is 2. The van der Waals surface area contributed by atoms with Gasteiger partial charge in [-0.3, -0.25) is 0 Å². The van der Waals surface area contributed by atoms with Crippen molar-refractivity contribution in [3.05, 3.63) is 39.6 Å². The fraction of sp³-hybridized carbons (Fsp3) is 0.308. The molecule has 2 aromatic heterocycles. The lowest BCUT2D eigenvalue weighted by molar-refractivity contribution is 0.872. The van der Waals surface area contributed by atoms with Gasteiger partial charge in [-0.15, -0.1) is 11.3 Å². The van der Waals surface area contributed by atoms with Crippen LogP contribution in [0.3, 0.4) is 0 Å². The second kappa shape index (κ2) is 4.75. The van der Waals surface area contributed by atoms with Gasteiger partial charge >= 0.3 is 0 Å². The van der Waals surface area contributed by atoms with Gasteiger partial charge in [0.2, 0.25) is 0 Å². The first-order valence-electron chi connectivity index (χ1n) is 5.62. The molecule has 1 atom stereocenters. The Hall–Kier alpha value is -1.55. The fourth-order valence-corrected chi connectivity index (χ4v) is 2.93. The minimum absolute atomic E-state index is 0.245. The molecule has 0 bridgehead atoms. The molecular weight excluding hydrogens is 230 g/mol. The molecule has 0 amide bonds. The van der Waals surface area contributed by atoms with Crippen LogP contribution >= 0.6 is 11.3 Å². The van der Waals surface area contributed by atoms with E-state index in [0.29, 0.717) is 5.82 Å². The first-order chi connectivity index (χ1) is 8.06. The molecule has 0 spiro atoms. The van der Waals surface area contributed by atoms with Gasteiger partial charge in [-0.05, 0) is 44.5 Å². The number of anilines is 2. The van der Waals surface area contributed by atoms with Gasteiger partial charge in [0.05, 0.1) is 6.04 Å². The summed E-state index contributed by atoms with van der Waals surface area (Å²) >= 11 is 1.83. The predicted molar refractivity (Wildman–Crippen MR) is 74.5 cm³/mol. The highest BCUT2D eigenvalue weighted by atomic mass is 32.1. The molecule has 2 aromatic rings. The van der Waals surface area contributed by atoms with Gasteiger partial charge in [0.15, 0.2) is 0 Å². The Morgan fingerprint density at radius 2 is 2.12 bits per heavy atom. The van der Waals surface area contributed by atoms with Crippen molar-refractivity contribution in [3.63, 3.8) is 0 Å². The van der Waals surface area contributed by atoms with Gasteiger partial charge in [-0.25, -0.2) is 4.98 Å². The Balaban J connectivity index is 2.16. The standard InChI is InChI=1S/C13H17N3S/c1-8-7-11(10(3)17-8)9(2)15-13-6-4-5-12(14)16-13/h4-7,9H,1-3H3,(H3,14,15,16). The van der Waals surface area contributed by atoms with E-state index in [1.165, 1.54) is 15.3 Å². The van der Waals surface area contributed by atoms with Crippen LogP contribution in [0.5, 0.6) is 0 Å². The van der Waals surface area contributed by atoms with Crippen LogP contribution in [0.1, 0.15) is 28.3 Å². The van der Waals surface area contributed by atoms with Crippen LogP contribution in [-0.4, -0.2) is 4.98 Å². The molecule has 17 heavy (non-hydrogen) atoms. The van der Waals surface area contributed by atoms with E-state index in [1.54, 1.807) is 6.07 Å². The summed E-state index contributed by atoms with van der Waals surface area (Å²) < 4.78 is 0. The minimum atomic E-state index is 0.245. The monoisotopic (exact) mass is 247 g/mol. The summed E-state index contributed by atoms with van der Waals surface area (Å²) in [6.45, 7) is 6.42. The molecule has 2 rings (SSSR count). The molecule has 0 fully saturated rings. The normalized spacial score (nSPS) is 12.4. The van der Waals surface area contributed by atoms with Crippen LogP contribution in [0.25, 0.3) is 0 Å². The first-order valence-corrected chi connectivity index (χ1v) is 6.44. The Labute approximate surface area is 106 Å². The molecule has 0 aliphatic carbocycles. The lowest BCUT2D eigenvalue weighted by atomic mass is 10.1. The highest BCUT2D eigenvalue weighted by Gasteiger charge is 2.11. The van der Waals surface area contributed by atoms with E-state index in [0.717, 1.165) is 5.82 Å². The Morgan fingerprint density at radius 3 is 2.71 bits per heavy atom. The largest absolute Gasteiger partial charge is 0.384 e. The summed E-state index contributed by atoms with van der Waals surface area (Å²) in [5, 5.41) is 3.37. The molecule has 3 N–H and O–H groups in total. The predicted octanol–water partition coefficient (Wildman–Crippen LogP) is 3.52. The fourth-order valence-electron chi connectivity index (χ4n) is 1.91. The number of nitrogens with two attached hydrogens (primary N) is 1. The summed E-state index contributed by atoms with van der Waals surface area (Å²) in [5.41, 5.74) is 6.99. The van der Waals surface area contributed by atoms with Gasteiger partial charge in [-0.2, -0.15) is 0 Å². The van der Waals surface area contributed by atoms with Crippen molar-refractivity contribution in [3.8, 4) is 0 Å². The molecule has 0 aliphatic heterocycles. The number of nitrogens with one attached hydrogen (secondary N) is 1. The van der Waals surface area contributed by atoms with Crippen molar-refractivity contribution >= 4 is 23.0 Å². The summed E-state index contributed by atoms with van der Waals surface area (Å²) in [6.07, 6.45) is 0. The third-order valence-corrected chi connectivity index (χ3v) is 3.66. The Bertz CT molecular complexity index is 519. The molecule has 3 nitrogen and oxygen atoms in total. The van der Waals surface area contributed by atoms with E-state index < -0.39 is 0 Å². The van der Waals surface area contributed by atoms with Gasteiger partial charge in [0, 0.05) is 9.75 Å². The average Bonchev–Trinajstić information content (AvgIpc) is 2.58. The maximum absolute atomic E-state index is 5.66. The van der Waals surface area contributed by atoms with Gasteiger partial charge < -0.3 is 11.1 Å². The number of nitrogens with zero attached hydrogens (tertiary/aromatic N) is 1. The van der Waals surface area contributed by atoms with Crippen LogP contribution in [0.2, 0.25) is 0 Å². The van der Waals surface area contributed by atoms with Gasteiger partial charge in [0.25, 0.3) is 0 Å². The van der Waals surface area contributed by atoms with Crippen molar-refractivity contribution in [2.75, 3.05) is 11.1 Å². The number of nitrogen functional groups attached to an aromatic ring is 1. The zero-order chi connectivity index (χ0) is 12.4. The third-order valence-electron chi connectivity index (χ3n) is 2.68. The van der Waals surface area contributed by atoms with Crippen LogP contribution < -0.4 is 11.1 Å². The smallest absolute Gasteiger partial charge is 0.128 e. The molecule has 0 saturated carbocycles. The summed E-state index contributed by atoms with van der Waals surface area (Å²) in [7, 11) is 0. The van der Waals surface area contributed by atoms with E-state index in [-0.39, 0.29) is 6.04 Å². The topological polar surface area (TPSA) is 50.9 Å². The Kier molecular flexibility index (Phi) is 3.33. The number of rotatable bonds is 3. The minimum Gasteiger partial charge on any atom is -0.384 e. The molecule has 2 heterocycles. The van der Waals surface area contributed by atoms with Crippen LogP contribution in [-0.2, 0) is 0 Å². The van der Waals surface area contributed by atoms with Gasteiger partial charge in [-0.1, -0.05) is 6.07 Å². The van der Waals surface area contributed by atoms with Gasteiger partial charge in [0.1, 0.15) is 11.6 Å². The number of thiophene rings is 1. The van der Waals surface area contributed by atoms with E-state index in [9.17, 15) is 0 Å². The molecule has 1 unspecified atom stereocenters. The zero-order valence-electron chi connectivity index (χ0n) is 10.3. The molecule has 4 heteroatoms. The molecule has 0 radical (unpaired) electrons. The number of aromatic nitrogens is 1. The number of hydrogen-bond acceptors (Lipinski definition) is 4. The van der Waals surface area contributed by atoms with Crippen molar-refractivity contribution in [1.29, 1.82) is 0 Å². The average molecular weight is 247 g/mol. The van der Waals surface area contributed by atoms with Crippen molar-refractivity contribution in [2.24, 2.45) is 0 Å². The lowest BCUT2D eigenvalue weighted by Crippen LogP contribution is -2.08. The third kappa shape index (κ3) is 2.77. The summed E-state index contributed by atoms with van der Waals surface area (Å²) in [5.74, 6) is 1.36. The van der Waals surface area contributed by atoms with Crippen molar-refractivity contribution in [2.45, 2.75) is 26.8 Å².